The van der Waals surface area contributed by atoms with Gasteiger partial charge in [0, 0.05) is 23.0 Å². The zero-order chi connectivity index (χ0) is 25.4. The SMILES string of the molecule is CC(C(=O)C1C(NC(=O)C(C)(C)N)NCCC1(C(=O)O)c1ccccc1)c1c[nH]c2ccccc12. The molecule has 8 heteroatoms. The zero-order valence-corrected chi connectivity index (χ0v) is 20.2. The Balaban J connectivity index is 1.84. The van der Waals surface area contributed by atoms with Crippen molar-refractivity contribution in [3.63, 3.8) is 0 Å². The highest BCUT2D eigenvalue weighted by Gasteiger charge is 2.57. The van der Waals surface area contributed by atoms with E-state index in [-0.39, 0.29) is 12.2 Å². The molecule has 6 N–H and O–H groups in total. The normalized spacial score (nSPS) is 23.5. The summed E-state index contributed by atoms with van der Waals surface area (Å²) in [4.78, 5) is 43.3. The van der Waals surface area contributed by atoms with E-state index in [0.717, 1.165) is 16.5 Å². The fraction of sp³-hybridized carbons (Fsp3) is 0.370. The van der Waals surface area contributed by atoms with Crippen molar-refractivity contribution in [1.82, 2.24) is 15.6 Å². The predicted molar refractivity (Wildman–Crippen MR) is 134 cm³/mol. The molecule has 0 bridgehead atoms. The summed E-state index contributed by atoms with van der Waals surface area (Å²) < 4.78 is 0. The Kier molecular flexibility index (Phi) is 6.53. The molecule has 1 saturated heterocycles. The molecule has 4 unspecified atom stereocenters. The quantitative estimate of drug-likeness (QED) is 0.356. The number of benzene rings is 2. The Morgan fingerprint density at radius 3 is 2.43 bits per heavy atom. The largest absolute Gasteiger partial charge is 0.481 e. The summed E-state index contributed by atoms with van der Waals surface area (Å²) >= 11 is 0. The van der Waals surface area contributed by atoms with Gasteiger partial charge in [0.2, 0.25) is 5.91 Å². The van der Waals surface area contributed by atoms with Crippen LogP contribution in [0.25, 0.3) is 10.9 Å². The van der Waals surface area contributed by atoms with Crippen LogP contribution >= 0.6 is 0 Å². The number of nitrogens with one attached hydrogen (secondary N) is 3. The number of amides is 1. The number of nitrogens with two attached hydrogens (primary N) is 1. The Hall–Kier alpha value is -3.49. The number of carbonyl (C=O) groups is 3. The number of aromatic nitrogens is 1. The molecule has 4 atom stereocenters. The topological polar surface area (TPSA) is 137 Å². The number of carbonyl (C=O) groups excluding carboxylic acids is 2. The van der Waals surface area contributed by atoms with Gasteiger partial charge in [-0.05, 0) is 44.0 Å². The van der Waals surface area contributed by atoms with Crippen molar-refractivity contribution in [2.24, 2.45) is 11.7 Å². The van der Waals surface area contributed by atoms with Crippen LogP contribution in [-0.4, -0.2) is 46.0 Å². The van der Waals surface area contributed by atoms with Crippen LogP contribution in [0.5, 0.6) is 0 Å². The highest BCUT2D eigenvalue weighted by atomic mass is 16.4. The van der Waals surface area contributed by atoms with Crippen LogP contribution < -0.4 is 16.4 Å². The molecular weight excluding hydrogens is 444 g/mol. The van der Waals surface area contributed by atoms with E-state index >= 15 is 0 Å². The van der Waals surface area contributed by atoms with E-state index in [1.165, 1.54) is 0 Å². The number of hydrogen-bond acceptors (Lipinski definition) is 5. The Bertz CT molecular complexity index is 1250. The van der Waals surface area contributed by atoms with Gasteiger partial charge in [-0.1, -0.05) is 55.5 Å². The van der Waals surface area contributed by atoms with Gasteiger partial charge in [-0.2, -0.15) is 0 Å². The number of rotatable bonds is 7. The van der Waals surface area contributed by atoms with Crippen molar-refractivity contribution in [1.29, 1.82) is 0 Å². The lowest BCUT2D eigenvalue weighted by Gasteiger charge is -2.46. The molecule has 2 aromatic carbocycles. The average molecular weight is 477 g/mol. The van der Waals surface area contributed by atoms with Crippen LogP contribution in [0, 0.1) is 5.92 Å². The molecule has 3 aromatic rings. The van der Waals surface area contributed by atoms with Crippen molar-refractivity contribution in [2.45, 2.75) is 50.2 Å². The molecule has 8 nitrogen and oxygen atoms in total. The van der Waals surface area contributed by atoms with Gasteiger partial charge in [0.05, 0.1) is 17.6 Å². The van der Waals surface area contributed by atoms with Gasteiger partial charge in [0.1, 0.15) is 11.2 Å². The fourth-order valence-corrected chi connectivity index (χ4v) is 5.15. The highest BCUT2D eigenvalue weighted by molar-refractivity contribution is 5.99. The second-order valence-corrected chi connectivity index (χ2v) is 9.91. The van der Waals surface area contributed by atoms with Crippen molar-refractivity contribution in [3.8, 4) is 0 Å². The Morgan fingerprint density at radius 2 is 1.77 bits per heavy atom. The first-order valence-electron chi connectivity index (χ1n) is 11.8. The Labute approximate surface area is 204 Å². The molecule has 1 aromatic heterocycles. The van der Waals surface area contributed by atoms with Gasteiger partial charge in [-0.15, -0.1) is 0 Å². The van der Waals surface area contributed by atoms with Crippen molar-refractivity contribution >= 4 is 28.6 Å². The van der Waals surface area contributed by atoms with Crippen molar-refractivity contribution in [2.75, 3.05) is 6.54 Å². The summed E-state index contributed by atoms with van der Waals surface area (Å²) in [6, 6.07) is 16.5. The number of carboxylic acids is 1. The lowest BCUT2D eigenvalue weighted by atomic mass is 9.61. The van der Waals surface area contributed by atoms with Gasteiger partial charge in [0.25, 0.3) is 0 Å². The number of hydrogen-bond donors (Lipinski definition) is 5. The van der Waals surface area contributed by atoms with E-state index in [1.807, 2.05) is 30.3 Å². The first kappa shape index (κ1) is 24.6. The third-order valence-electron chi connectivity index (χ3n) is 7.11. The number of H-pyrrole nitrogens is 1. The van der Waals surface area contributed by atoms with Crippen LogP contribution in [-0.2, 0) is 19.8 Å². The molecule has 2 heterocycles. The van der Waals surface area contributed by atoms with Gasteiger partial charge in [0.15, 0.2) is 0 Å². The summed E-state index contributed by atoms with van der Waals surface area (Å²) in [5.41, 5.74) is 5.49. The van der Waals surface area contributed by atoms with Crippen LogP contribution in [0.15, 0.2) is 60.8 Å². The Morgan fingerprint density at radius 1 is 1.11 bits per heavy atom. The van der Waals surface area contributed by atoms with Gasteiger partial charge in [-0.25, -0.2) is 0 Å². The van der Waals surface area contributed by atoms with Gasteiger partial charge in [-0.3, -0.25) is 19.7 Å². The number of ketones is 1. The third-order valence-corrected chi connectivity index (χ3v) is 7.11. The number of piperidine rings is 1. The predicted octanol–water partition coefficient (Wildman–Crippen LogP) is 2.65. The van der Waals surface area contributed by atoms with Crippen molar-refractivity contribution in [3.05, 3.63) is 71.9 Å². The molecule has 0 spiro atoms. The van der Waals surface area contributed by atoms with Crippen molar-refractivity contribution < 1.29 is 19.5 Å². The molecule has 4 rings (SSSR count). The number of carboxylic acid groups (broad SMARTS) is 1. The maximum Gasteiger partial charge on any atom is 0.315 e. The highest BCUT2D eigenvalue weighted by Crippen LogP contribution is 2.43. The lowest BCUT2D eigenvalue weighted by Crippen LogP contribution is -2.68. The number of aromatic amines is 1. The summed E-state index contributed by atoms with van der Waals surface area (Å²) in [6.07, 6.45) is 1.09. The molecule has 0 aliphatic carbocycles. The number of para-hydroxylation sites is 1. The molecule has 1 aliphatic heterocycles. The third kappa shape index (κ3) is 4.35. The minimum atomic E-state index is -1.53. The minimum absolute atomic E-state index is 0.196. The molecule has 184 valence electrons. The van der Waals surface area contributed by atoms with Gasteiger partial charge >= 0.3 is 5.97 Å². The van der Waals surface area contributed by atoms with Crippen LogP contribution in [0.3, 0.4) is 0 Å². The van der Waals surface area contributed by atoms with Crippen LogP contribution in [0.4, 0.5) is 0 Å². The molecule has 0 saturated carbocycles. The summed E-state index contributed by atoms with van der Waals surface area (Å²) in [5, 5.41) is 17.6. The van der Waals surface area contributed by atoms with E-state index in [0.29, 0.717) is 12.1 Å². The maximum atomic E-state index is 14.3. The van der Waals surface area contributed by atoms with E-state index in [9.17, 15) is 19.5 Å². The average Bonchev–Trinajstić information content (AvgIpc) is 3.27. The summed E-state index contributed by atoms with van der Waals surface area (Å²) in [5.74, 6) is -3.54. The lowest BCUT2D eigenvalue weighted by molar-refractivity contribution is -0.154. The molecule has 35 heavy (non-hydrogen) atoms. The second-order valence-electron chi connectivity index (χ2n) is 9.91. The first-order chi connectivity index (χ1) is 16.6. The van der Waals surface area contributed by atoms with E-state index < -0.39 is 40.8 Å². The first-order valence-corrected chi connectivity index (χ1v) is 11.8. The van der Waals surface area contributed by atoms with E-state index in [4.69, 9.17) is 5.73 Å². The zero-order valence-electron chi connectivity index (χ0n) is 20.2. The molecule has 0 radical (unpaired) electrons. The molecule has 1 fully saturated rings. The van der Waals surface area contributed by atoms with Crippen LogP contribution in [0.2, 0.25) is 0 Å². The standard InChI is InChI=1S/C27H32N4O4/c1-16(19-15-30-20-12-8-7-11-18(19)20)22(32)21-23(31-24(33)26(2,3)28)29-14-13-27(21,25(34)35)17-9-5-4-6-10-17/h4-12,15-16,21,23,29-30H,13-14,28H2,1-3H3,(H,31,33)(H,34,35). The summed E-state index contributed by atoms with van der Waals surface area (Å²) in [7, 11) is 0. The molecule has 1 amide bonds. The smallest absolute Gasteiger partial charge is 0.315 e. The number of aliphatic carboxylic acids is 1. The minimum Gasteiger partial charge on any atom is -0.481 e. The number of Topliss-reactive ketones (excluding diaryl/α,β-unsaturated/α-hetero) is 1. The summed E-state index contributed by atoms with van der Waals surface area (Å²) in [6.45, 7) is 5.23. The fourth-order valence-electron chi connectivity index (χ4n) is 5.15. The van der Waals surface area contributed by atoms with E-state index in [2.05, 4.69) is 15.6 Å². The molecule has 1 aliphatic rings. The van der Waals surface area contributed by atoms with E-state index in [1.54, 1.807) is 51.2 Å². The number of fused-ring (bicyclic) bond motifs is 1. The maximum absolute atomic E-state index is 14.3. The second kappa shape index (κ2) is 9.28. The van der Waals surface area contributed by atoms with Crippen LogP contribution in [0.1, 0.15) is 44.2 Å². The monoisotopic (exact) mass is 476 g/mol. The molecular formula is C27H32N4O4. The van der Waals surface area contributed by atoms with Gasteiger partial charge < -0.3 is 21.1 Å².